The van der Waals surface area contributed by atoms with Gasteiger partial charge in [-0.15, -0.1) is 0 Å². The van der Waals surface area contributed by atoms with Gasteiger partial charge in [0, 0.05) is 29.7 Å². The lowest BCUT2D eigenvalue weighted by atomic mass is 10.7. The van der Waals surface area contributed by atoms with Gasteiger partial charge < -0.3 is 9.47 Å². The maximum Gasteiger partial charge on any atom is 0.108 e. The normalized spacial score (nSPS) is 8.22. The van der Waals surface area contributed by atoms with Crippen molar-refractivity contribution in [1.82, 2.24) is 0 Å². The molecule has 0 fully saturated rings. The van der Waals surface area contributed by atoms with Gasteiger partial charge in [0.1, 0.15) is 6.61 Å². The first-order valence-corrected chi connectivity index (χ1v) is 3.65. The van der Waals surface area contributed by atoms with Crippen molar-refractivity contribution in [2.24, 2.45) is 0 Å². The second kappa shape index (κ2) is 8.21. The number of rotatable bonds is 4. The molecule has 0 radical (unpaired) electrons. The van der Waals surface area contributed by atoms with Crippen LogP contribution in [0, 0.1) is 9.85 Å². The smallest absolute Gasteiger partial charge is 0.108 e. The molecule has 0 aliphatic rings. The van der Waals surface area contributed by atoms with Crippen LogP contribution < -0.4 is 0 Å². The monoisotopic (exact) mass is 240 g/mol. The van der Waals surface area contributed by atoms with Gasteiger partial charge >= 0.3 is 0 Å². The molecule has 0 amide bonds. The quantitative estimate of drug-likeness (QED) is 0.415. The van der Waals surface area contributed by atoms with Crippen molar-refractivity contribution in [2.75, 3.05) is 26.9 Å². The Morgan fingerprint density at radius 2 is 2.22 bits per heavy atom. The zero-order valence-electron chi connectivity index (χ0n) is 5.32. The Morgan fingerprint density at radius 3 is 2.78 bits per heavy atom. The summed E-state index contributed by atoms with van der Waals surface area (Å²) in [6.45, 7) is 1.77. The Hall–Kier alpha value is 0.210. The first-order chi connectivity index (χ1) is 4.41. The van der Waals surface area contributed by atoms with Gasteiger partial charge in [0.05, 0.1) is 13.2 Å². The molecular weight excluding hydrogens is 231 g/mol. The Kier molecular flexibility index (Phi) is 8.40. The van der Waals surface area contributed by atoms with E-state index in [1.165, 1.54) is 0 Å². The molecule has 0 aliphatic heterocycles. The number of hydrogen-bond acceptors (Lipinski definition) is 2. The molecule has 0 aliphatic carbocycles. The molecule has 0 saturated heterocycles. The van der Waals surface area contributed by atoms with E-state index >= 15 is 0 Å². The fourth-order valence-corrected chi connectivity index (χ4v) is 0.448. The SMILES string of the molecule is COCCOCC#CI. The largest absolute Gasteiger partial charge is 0.382 e. The van der Waals surface area contributed by atoms with Gasteiger partial charge in [-0.2, -0.15) is 0 Å². The van der Waals surface area contributed by atoms with Crippen molar-refractivity contribution in [3.05, 3.63) is 0 Å². The molecule has 0 rings (SSSR count). The summed E-state index contributed by atoms with van der Waals surface area (Å²) < 4.78 is 12.5. The Labute approximate surface area is 69.1 Å². The van der Waals surface area contributed by atoms with Gasteiger partial charge in [-0.3, -0.25) is 0 Å². The van der Waals surface area contributed by atoms with Crippen LogP contribution >= 0.6 is 22.6 Å². The van der Waals surface area contributed by atoms with Crippen molar-refractivity contribution in [3.63, 3.8) is 0 Å². The summed E-state index contributed by atoms with van der Waals surface area (Å²) in [6.07, 6.45) is 0. The summed E-state index contributed by atoms with van der Waals surface area (Å²) in [5.74, 6) is 2.77. The van der Waals surface area contributed by atoms with E-state index in [2.05, 4.69) is 9.85 Å². The summed E-state index contributed by atoms with van der Waals surface area (Å²) in [5.41, 5.74) is 0. The van der Waals surface area contributed by atoms with E-state index in [0.717, 1.165) is 0 Å². The fraction of sp³-hybridized carbons (Fsp3) is 0.667. The molecule has 52 valence electrons. The summed E-state index contributed by atoms with van der Waals surface area (Å²) >= 11 is 1.98. The van der Waals surface area contributed by atoms with Crippen LogP contribution in [0.4, 0.5) is 0 Å². The van der Waals surface area contributed by atoms with E-state index in [1.807, 2.05) is 22.6 Å². The molecule has 3 heteroatoms. The van der Waals surface area contributed by atoms with Crippen LogP contribution in [0.1, 0.15) is 0 Å². The second-order valence-electron chi connectivity index (χ2n) is 1.32. The molecular formula is C6H9IO2. The molecule has 0 unspecified atom stereocenters. The minimum absolute atomic E-state index is 0.506. The van der Waals surface area contributed by atoms with Crippen LogP contribution in [-0.2, 0) is 9.47 Å². The number of halogens is 1. The van der Waals surface area contributed by atoms with Crippen LogP contribution in [0.25, 0.3) is 0 Å². The van der Waals surface area contributed by atoms with E-state index < -0.39 is 0 Å². The second-order valence-corrected chi connectivity index (χ2v) is 1.86. The van der Waals surface area contributed by atoms with Gasteiger partial charge in [0.15, 0.2) is 0 Å². The van der Waals surface area contributed by atoms with Gasteiger partial charge in [-0.1, -0.05) is 5.92 Å². The topological polar surface area (TPSA) is 18.5 Å². The highest BCUT2D eigenvalue weighted by Crippen LogP contribution is 1.75. The third-order valence-corrected chi connectivity index (χ3v) is 1.05. The third kappa shape index (κ3) is 8.21. The summed E-state index contributed by atoms with van der Waals surface area (Å²) in [6, 6.07) is 0. The molecule has 0 N–H and O–H groups in total. The zero-order valence-corrected chi connectivity index (χ0v) is 7.47. The van der Waals surface area contributed by atoms with Crippen molar-refractivity contribution >= 4 is 22.6 Å². The molecule has 0 aromatic heterocycles. The highest BCUT2D eigenvalue weighted by molar-refractivity contribution is 14.1. The predicted molar refractivity (Wildman–Crippen MR) is 44.5 cm³/mol. The number of ether oxygens (including phenoxy) is 2. The van der Waals surface area contributed by atoms with E-state index in [1.54, 1.807) is 7.11 Å². The van der Waals surface area contributed by atoms with Gasteiger partial charge in [-0.05, 0) is 3.93 Å². The summed E-state index contributed by atoms with van der Waals surface area (Å²) in [5, 5.41) is 0. The first-order valence-electron chi connectivity index (χ1n) is 2.57. The van der Waals surface area contributed by atoms with Gasteiger partial charge in [0.2, 0.25) is 0 Å². The minimum atomic E-state index is 0.506. The van der Waals surface area contributed by atoms with E-state index in [0.29, 0.717) is 19.8 Å². The standard InChI is InChI=1S/C6H9IO2/c1-8-5-6-9-4-2-3-7/h4-6H2,1H3. The molecule has 0 atom stereocenters. The third-order valence-electron chi connectivity index (χ3n) is 0.673. The van der Waals surface area contributed by atoms with Crippen LogP contribution in [0.2, 0.25) is 0 Å². The average Bonchev–Trinajstić information content (AvgIpc) is 1.89. The van der Waals surface area contributed by atoms with E-state index in [4.69, 9.17) is 9.47 Å². The molecule has 0 spiro atoms. The molecule has 0 heterocycles. The van der Waals surface area contributed by atoms with E-state index in [-0.39, 0.29) is 0 Å². The fourth-order valence-electron chi connectivity index (χ4n) is 0.293. The first kappa shape index (κ1) is 9.21. The molecule has 0 bridgehead atoms. The molecule has 0 saturated carbocycles. The number of hydrogen-bond donors (Lipinski definition) is 0. The highest BCUT2D eigenvalue weighted by Gasteiger charge is 1.80. The molecule has 9 heavy (non-hydrogen) atoms. The number of methoxy groups -OCH3 is 1. The maximum absolute atomic E-state index is 5.01. The van der Waals surface area contributed by atoms with Crippen LogP contribution in [0.15, 0.2) is 0 Å². The Morgan fingerprint density at radius 1 is 1.44 bits per heavy atom. The van der Waals surface area contributed by atoms with E-state index in [9.17, 15) is 0 Å². The lowest BCUT2D eigenvalue weighted by Crippen LogP contribution is -2.01. The van der Waals surface area contributed by atoms with Gasteiger partial charge in [-0.25, -0.2) is 0 Å². The lowest BCUT2D eigenvalue weighted by Gasteiger charge is -1.95. The maximum atomic E-state index is 5.01. The van der Waals surface area contributed by atoms with Crippen molar-refractivity contribution in [1.29, 1.82) is 0 Å². The zero-order chi connectivity index (χ0) is 6.95. The van der Waals surface area contributed by atoms with Crippen molar-refractivity contribution < 1.29 is 9.47 Å². The Balaban J connectivity index is 2.80. The summed E-state index contributed by atoms with van der Waals surface area (Å²) in [4.78, 5) is 0. The average molecular weight is 240 g/mol. The minimum Gasteiger partial charge on any atom is -0.382 e. The van der Waals surface area contributed by atoms with Crippen LogP contribution in [0.3, 0.4) is 0 Å². The Bertz CT molecular complexity index is 103. The molecule has 0 aromatic carbocycles. The molecule has 2 nitrogen and oxygen atoms in total. The van der Waals surface area contributed by atoms with Crippen molar-refractivity contribution in [3.8, 4) is 9.85 Å². The molecule has 0 aromatic rings. The highest BCUT2D eigenvalue weighted by atomic mass is 127. The van der Waals surface area contributed by atoms with Gasteiger partial charge in [0.25, 0.3) is 0 Å². The lowest BCUT2D eigenvalue weighted by molar-refractivity contribution is 0.0877. The predicted octanol–water partition coefficient (Wildman–Crippen LogP) is 1.05. The van der Waals surface area contributed by atoms with Crippen molar-refractivity contribution in [2.45, 2.75) is 0 Å². The summed E-state index contributed by atoms with van der Waals surface area (Å²) in [7, 11) is 1.65. The van der Waals surface area contributed by atoms with Crippen LogP contribution in [0.5, 0.6) is 0 Å². The van der Waals surface area contributed by atoms with Crippen LogP contribution in [-0.4, -0.2) is 26.9 Å².